The minimum atomic E-state index is -0.388. The van der Waals surface area contributed by atoms with Gasteiger partial charge in [0.25, 0.3) is 5.69 Å². The van der Waals surface area contributed by atoms with E-state index in [9.17, 15) is 10.1 Å². The molecule has 0 fully saturated rings. The van der Waals surface area contributed by atoms with E-state index in [4.69, 9.17) is 11.6 Å². The number of nitrogens with zero attached hydrogens (tertiary/aromatic N) is 2. The number of non-ortho nitro benzene ring substituents is 1. The van der Waals surface area contributed by atoms with Gasteiger partial charge in [-0.05, 0) is 36.6 Å². The molecule has 108 valence electrons. The van der Waals surface area contributed by atoms with Crippen LogP contribution in [0, 0.1) is 10.1 Å². The van der Waals surface area contributed by atoms with Crippen LogP contribution in [0.15, 0.2) is 42.5 Å². The lowest BCUT2D eigenvalue weighted by Gasteiger charge is -2.27. The van der Waals surface area contributed by atoms with Crippen molar-refractivity contribution >= 4 is 28.7 Å². The van der Waals surface area contributed by atoms with Gasteiger partial charge in [-0.1, -0.05) is 18.2 Å². The van der Waals surface area contributed by atoms with Gasteiger partial charge in [-0.2, -0.15) is 0 Å². The lowest BCUT2D eigenvalue weighted by atomic mass is 10.1. The molecule has 0 N–H and O–H groups in total. The molecule has 0 aromatic heterocycles. The molecule has 3 rings (SSSR count). The zero-order valence-electron chi connectivity index (χ0n) is 11.6. The van der Waals surface area contributed by atoms with Gasteiger partial charge < -0.3 is 4.90 Å². The summed E-state index contributed by atoms with van der Waals surface area (Å²) in [6.45, 7) is 2.15. The maximum absolute atomic E-state index is 10.9. The molecule has 2 aromatic rings. The van der Waals surface area contributed by atoms with Crippen molar-refractivity contribution in [2.75, 3.05) is 4.90 Å². The van der Waals surface area contributed by atoms with Gasteiger partial charge >= 0.3 is 0 Å². The maximum Gasteiger partial charge on any atom is 0.269 e. The van der Waals surface area contributed by atoms with E-state index in [-0.39, 0.29) is 16.5 Å². The van der Waals surface area contributed by atoms with Crippen LogP contribution in [0.5, 0.6) is 0 Å². The van der Waals surface area contributed by atoms with Gasteiger partial charge in [0, 0.05) is 35.4 Å². The molecule has 5 heteroatoms. The standard InChI is InChI=1S/C16H15ClN2O2/c1-11-8-12-4-2-3-5-15(12)18(11)16-7-6-14(19(20)21)9-13(16)10-17/h2-7,9,11H,8,10H2,1H3. The molecule has 1 heterocycles. The molecule has 2 aromatic carbocycles. The normalized spacial score (nSPS) is 16.9. The summed E-state index contributed by atoms with van der Waals surface area (Å²) < 4.78 is 0. The Morgan fingerprint density at radius 3 is 2.76 bits per heavy atom. The molecule has 1 aliphatic heterocycles. The summed E-state index contributed by atoms with van der Waals surface area (Å²) in [6.07, 6.45) is 0.967. The van der Waals surface area contributed by atoms with Gasteiger partial charge in [0.05, 0.1) is 4.92 Å². The molecule has 1 aliphatic rings. The van der Waals surface area contributed by atoms with Crippen molar-refractivity contribution in [1.82, 2.24) is 0 Å². The first-order valence-corrected chi connectivity index (χ1v) is 7.35. The summed E-state index contributed by atoms with van der Waals surface area (Å²) in [6, 6.07) is 13.5. The Hall–Kier alpha value is -2.07. The molecule has 0 aliphatic carbocycles. The number of hydrogen-bond acceptors (Lipinski definition) is 3. The number of hydrogen-bond donors (Lipinski definition) is 0. The smallest absolute Gasteiger partial charge is 0.269 e. The van der Waals surface area contributed by atoms with Gasteiger partial charge in [0.2, 0.25) is 0 Å². The molecular formula is C16H15ClN2O2. The quantitative estimate of drug-likeness (QED) is 0.479. The number of para-hydroxylation sites is 1. The van der Waals surface area contributed by atoms with Gasteiger partial charge in [0.1, 0.15) is 0 Å². The van der Waals surface area contributed by atoms with Crippen LogP contribution >= 0.6 is 11.6 Å². The Balaban J connectivity index is 2.10. The fourth-order valence-electron chi connectivity index (χ4n) is 2.96. The second-order valence-corrected chi connectivity index (χ2v) is 5.52. The Morgan fingerprint density at radius 2 is 2.05 bits per heavy atom. The van der Waals surface area contributed by atoms with Crippen LogP contribution in [0.1, 0.15) is 18.1 Å². The second kappa shape index (κ2) is 5.37. The number of anilines is 2. The number of benzene rings is 2. The summed E-state index contributed by atoms with van der Waals surface area (Å²) in [5.41, 5.74) is 4.27. The largest absolute Gasteiger partial charge is 0.338 e. The Morgan fingerprint density at radius 1 is 1.29 bits per heavy atom. The fraction of sp³-hybridized carbons (Fsp3) is 0.250. The third-order valence-electron chi connectivity index (χ3n) is 3.88. The SMILES string of the molecule is CC1Cc2ccccc2N1c1ccc([N+](=O)[O-])cc1CCl. The third-order valence-corrected chi connectivity index (χ3v) is 4.17. The molecule has 0 bridgehead atoms. The summed E-state index contributed by atoms with van der Waals surface area (Å²) in [5, 5.41) is 10.9. The van der Waals surface area contributed by atoms with Gasteiger partial charge in [-0.3, -0.25) is 10.1 Å². The van der Waals surface area contributed by atoms with Crippen molar-refractivity contribution in [3.63, 3.8) is 0 Å². The Kier molecular flexibility index (Phi) is 3.55. The first-order valence-electron chi connectivity index (χ1n) is 6.82. The Bertz CT molecular complexity index is 702. The van der Waals surface area contributed by atoms with Crippen molar-refractivity contribution < 1.29 is 4.92 Å². The number of fused-ring (bicyclic) bond motifs is 1. The van der Waals surface area contributed by atoms with Gasteiger partial charge in [-0.25, -0.2) is 0 Å². The second-order valence-electron chi connectivity index (χ2n) is 5.26. The highest BCUT2D eigenvalue weighted by atomic mass is 35.5. The van der Waals surface area contributed by atoms with Crippen LogP contribution in [-0.2, 0) is 12.3 Å². The van der Waals surface area contributed by atoms with E-state index in [1.807, 2.05) is 12.1 Å². The number of alkyl halides is 1. The van der Waals surface area contributed by atoms with E-state index in [1.54, 1.807) is 18.2 Å². The minimum Gasteiger partial charge on any atom is -0.338 e. The predicted octanol–water partition coefficient (Wildman–Crippen LogP) is 4.42. The number of nitro benzene ring substituents is 1. The molecule has 0 saturated heterocycles. The van der Waals surface area contributed by atoms with Crippen molar-refractivity contribution in [3.8, 4) is 0 Å². The van der Waals surface area contributed by atoms with Crippen LogP contribution < -0.4 is 4.90 Å². The van der Waals surface area contributed by atoms with Crippen LogP contribution in [-0.4, -0.2) is 11.0 Å². The molecule has 1 unspecified atom stereocenters. The molecule has 21 heavy (non-hydrogen) atoms. The van der Waals surface area contributed by atoms with E-state index in [2.05, 4.69) is 24.0 Å². The average molecular weight is 303 g/mol. The monoisotopic (exact) mass is 302 g/mol. The highest BCUT2D eigenvalue weighted by Crippen LogP contribution is 2.40. The summed E-state index contributed by atoms with van der Waals surface area (Å²) in [4.78, 5) is 12.7. The summed E-state index contributed by atoms with van der Waals surface area (Å²) in [5.74, 6) is 0.252. The van der Waals surface area contributed by atoms with Gasteiger partial charge in [-0.15, -0.1) is 11.6 Å². The molecule has 0 saturated carbocycles. The number of rotatable bonds is 3. The zero-order chi connectivity index (χ0) is 15.0. The maximum atomic E-state index is 10.9. The molecule has 4 nitrogen and oxygen atoms in total. The van der Waals surface area contributed by atoms with Crippen molar-refractivity contribution in [1.29, 1.82) is 0 Å². The molecule has 0 amide bonds. The Labute approximate surface area is 128 Å². The van der Waals surface area contributed by atoms with E-state index in [0.29, 0.717) is 6.04 Å². The average Bonchev–Trinajstić information content (AvgIpc) is 2.82. The van der Waals surface area contributed by atoms with Crippen LogP contribution in [0.2, 0.25) is 0 Å². The fourth-order valence-corrected chi connectivity index (χ4v) is 3.17. The highest BCUT2D eigenvalue weighted by molar-refractivity contribution is 6.17. The minimum absolute atomic E-state index is 0.0783. The van der Waals surface area contributed by atoms with Gasteiger partial charge in [0.15, 0.2) is 0 Å². The lowest BCUT2D eigenvalue weighted by Crippen LogP contribution is -2.24. The van der Waals surface area contributed by atoms with E-state index in [0.717, 1.165) is 23.4 Å². The predicted molar refractivity (Wildman–Crippen MR) is 84.4 cm³/mol. The lowest BCUT2D eigenvalue weighted by molar-refractivity contribution is -0.384. The molecule has 0 radical (unpaired) electrons. The van der Waals surface area contributed by atoms with Crippen LogP contribution in [0.4, 0.5) is 17.1 Å². The molecule has 1 atom stereocenters. The van der Waals surface area contributed by atoms with Crippen molar-refractivity contribution in [2.45, 2.75) is 25.3 Å². The van der Waals surface area contributed by atoms with Crippen LogP contribution in [0.25, 0.3) is 0 Å². The highest BCUT2D eigenvalue weighted by Gasteiger charge is 2.28. The van der Waals surface area contributed by atoms with Crippen molar-refractivity contribution in [3.05, 3.63) is 63.7 Å². The molecule has 0 spiro atoms. The third kappa shape index (κ3) is 2.36. The first-order chi connectivity index (χ1) is 10.1. The molecular weight excluding hydrogens is 288 g/mol. The number of nitro groups is 1. The van der Waals surface area contributed by atoms with Crippen molar-refractivity contribution in [2.24, 2.45) is 0 Å². The topological polar surface area (TPSA) is 46.4 Å². The number of halogens is 1. The first kappa shape index (κ1) is 13.9. The van der Waals surface area contributed by atoms with Crippen LogP contribution in [0.3, 0.4) is 0 Å². The van der Waals surface area contributed by atoms with E-state index in [1.165, 1.54) is 5.56 Å². The van der Waals surface area contributed by atoms with E-state index < -0.39 is 0 Å². The summed E-state index contributed by atoms with van der Waals surface area (Å²) >= 11 is 6.01. The summed E-state index contributed by atoms with van der Waals surface area (Å²) in [7, 11) is 0. The van der Waals surface area contributed by atoms with E-state index >= 15 is 0 Å². The zero-order valence-corrected chi connectivity index (χ0v) is 12.4.